The van der Waals surface area contributed by atoms with Crippen LogP contribution >= 0.6 is 0 Å². The highest BCUT2D eigenvalue weighted by Gasteiger charge is 2.74. The first-order valence-corrected chi connectivity index (χ1v) is 11.0. The van der Waals surface area contributed by atoms with E-state index in [-0.39, 0.29) is 22.9 Å². The van der Waals surface area contributed by atoms with E-state index in [4.69, 9.17) is 9.47 Å². The van der Waals surface area contributed by atoms with Gasteiger partial charge in [0.25, 0.3) is 0 Å². The zero-order chi connectivity index (χ0) is 21.3. The van der Waals surface area contributed by atoms with E-state index in [1.807, 2.05) is 19.2 Å². The third-order valence-electron chi connectivity index (χ3n) is 8.43. The fraction of sp³-hybridized carbons (Fsp3) is 0.625. The van der Waals surface area contributed by atoms with Gasteiger partial charge in [-0.25, -0.2) is 4.79 Å². The molecule has 30 heavy (non-hydrogen) atoms. The fourth-order valence-corrected chi connectivity index (χ4v) is 7.57. The number of anilines is 1. The number of hydrogen-bond acceptors (Lipinski definition) is 6. The zero-order valence-corrected chi connectivity index (χ0v) is 18.4. The Morgan fingerprint density at radius 1 is 1.30 bits per heavy atom. The van der Waals surface area contributed by atoms with Crippen molar-refractivity contribution >= 4 is 11.7 Å². The van der Waals surface area contributed by atoms with Crippen molar-refractivity contribution in [2.24, 2.45) is 5.41 Å². The lowest BCUT2D eigenvalue weighted by molar-refractivity contribution is -0.189. The summed E-state index contributed by atoms with van der Waals surface area (Å²) in [5.41, 5.74) is 0.0509. The number of hydrogen-bond donors (Lipinski definition) is 1. The van der Waals surface area contributed by atoms with E-state index in [2.05, 4.69) is 34.9 Å². The molecule has 3 aliphatic heterocycles. The van der Waals surface area contributed by atoms with Crippen molar-refractivity contribution in [3.05, 3.63) is 35.9 Å². The van der Waals surface area contributed by atoms with Gasteiger partial charge in [0.1, 0.15) is 5.75 Å². The average Bonchev–Trinajstić information content (AvgIpc) is 3.01. The Balaban J connectivity index is 1.83. The number of piperidine rings is 1. The van der Waals surface area contributed by atoms with Gasteiger partial charge in [-0.3, -0.25) is 4.90 Å². The van der Waals surface area contributed by atoms with Gasteiger partial charge in [-0.15, -0.1) is 0 Å². The first kappa shape index (κ1) is 19.9. The Morgan fingerprint density at radius 3 is 2.80 bits per heavy atom. The van der Waals surface area contributed by atoms with Crippen LogP contribution < -0.4 is 9.64 Å². The molecule has 1 saturated heterocycles. The molecule has 1 aromatic carbocycles. The number of rotatable bonds is 3. The maximum Gasteiger partial charge on any atom is 0.340 e. The topological polar surface area (TPSA) is 62.2 Å². The lowest BCUT2D eigenvalue weighted by atomic mass is 9.46. The van der Waals surface area contributed by atoms with Crippen LogP contribution in [0.1, 0.15) is 38.2 Å². The van der Waals surface area contributed by atoms with Crippen LogP contribution in [0.5, 0.6) is 5.75 Å². The van der Waals surface area contributed by atoms with E-state index in [9.17, 15) is 9.90 Å². The van der Waals surface area contributed by atoms with Crippen LogP contribution in [0.4, 0.5) is 5.69 Å². The molecular weight excluding hydrogens is 380 g/mol. The third kappa shape index (κ3) is 2.19. The molecule has 1 aromatic rings. The average molecular weight is 413 g/mol. The minimum atomic E-state index is -1.59. The van der Waals surface area contributed by atoms with Crippen LogP contribution in [0, 0.1) is 5.41 Å². The number of esters is 1. The monoisotopic (exact) mass is 412 g/mol. The fourth-order valence-electron chi connectivity index (χ4n) is 7.57. The molecule has 4 aliphatic rings. The molecule has 1 spiro atoms. The Bertz CT molecular complexity index is 916. The standard InChI is InChI=1S/C24H32N2O4/c1-5-22-10-6-12-26-13-7-11-23(19(22)26)17-9-8-16(29-3)14-18(17)25(2)20(23)24(28,15-22)21(27)30-4/h6,8-10,14,19-20,28H,5,7,11-13,15H2,1-4H3/t19-,20+,22-,23+,24+/m0/s1. The molecule has 5 atom stereocenters. The van der Waals surface area contributed by atoms with E-state index in [0.29, 0.717) is 6.42 Å². The van der Waals surface area contributed by atoms with Crippen molar-refractivity contribution in [2.75, 3.05) is 39.3 Å². The number of likely N-dealkylation sites (N-methyl/N-ethyl adjacent to an activating group) is 1. The Morgan fingerprint density at radius 2 is 2.10 bits per heavy atom. The van der Waals surface area contributed by atoms with Crippen molar-refractivity contribution in [1.29, 1.82) is 0 Å². The highest BCUT2D eigenvalue weighted by Crippen LogP contribution is 2.66. The summed E-state index contributed by atoms with van der Waals surface area (Å²) in [7, 11) is 5.05. The van der Waals surface area contributed by atoms with Gasteiger partial charge in [0.2, 0.25) is 0 Å². The summed E-state index contributed by atoms with van der Waals surface area (Å²) in [6.07, 6.45) is 7.74. The molecular formula is C24H32N2O4. The maximum atomic E-state index is 13.2. The molecule has 0 amide bonds. The number of carbonyl (C=O) groups excluding carboxylic acids is 1. The van der Waals surface area contributed by atoms with Crippen LogP contribution in [0.2, 0.25) is 0 Å². The summed E-state index contributed by atoms with van der Waals surface area (Å²) >= 11 is 0. The number of methoxy groups -OCH3 is 2. The van der Waals surface area contributed by atoms with Crippen molar-refractivity contribution in [2.45, 2.75) is 55.7 Å². The van der Waals surface area contributed by atoms with Gasteiger partial charge in [0.05, 0.1) is 20.3 Å². The zero-order valence-electron chi connectivity index (χ0n) is 18.4. The first-order valence-electron chi connectivity index (χ1n) is 11.0. The predicted molar refractivity (Wildman–Crippen MR) is 115 cm³/mol. The largest absolute Gasteiger partial charge is 0.497 e. The highest BCUT2D eigenvalue weighted by molar-refractivity contribution is 5.85. The summed E-state index contributed by atoms with van der Waals surface area (Å²) < 4.78 is 10.7. The second kappa shape index (κ2) is 6.47. The highest BCUT2D eigenvalue weighted by atomic mass is 16.5. The predicted octanol–water partition coefficient (Wildman–Crippen LogP) is 2.49. The quantitative estimate of drug-likeness (QED) is 0.608. The molecule has 0 unspecified atom stereocenters. The maximum absolute atomic E-state index is 13.2. The van der Waals surface area contributed by atoms with Gasteiger partial charge in [-0.1, -0.05) is 25.1 Å². The van der Waals surface area contributed by atoms with E-state index in [0.717, 1.165) is 43.8 Å². The van der Waals surface area contributed by atoms with Crippen molar-refractivity contribution in [3.63, 3.8) is 0 Å². The molecule has 6 heteroatoms. The van der Waals surface area contributed by atoms with Crippen LogP contribution in [-0.4, -0.2) is 68.0 Å². The van der Waals surface area contributed by atoms with Crippen molar-refractivity contribution in [1.82, 2.24) is 4.90 Å². The minimum Gasteiger partial charge on any atom is -0.497 e. The molecule has 6 nitrogen and oxygen atoms in total. The third-order valence-corrected chi connectivity index (χ3v) is 8.43. The summed E-state index contributed by atoms with van der Waals surface area (Å²) in [4.78, 5) is 17.9. The van der Waals surface area contributed by atoms with E-state index >= 15 is 0 Å². The molecule has 5 rings (SSSR count). The lowest BCUT2D eigenvalue weighted by Gasteiger charge is -2.66. The van der Waals surface area contributed by atoms with Crippen LogP contribution in [0.25, 0.3) is 0 Å². The molecule has 1 N–H and O–H groups in total. The summed E-state index contributed by atoms with van der Waals surface area (Å²) in [5, 5.41) is 12.1. The number of fused-ring (bicyclic) bond motifs is 1. The second-order valence-electron chi connectivity index (χ2n) is 9.52. The number of carbonyl (C=O) groups is 1. The van der Waals surface area contributed by atoms with E-state index in [1.54, 1.807) is 7.11 Å². The lowest BCUT2D eigenvalue weighted by Crippen LogP contribution is -2.78. The second-order valence-corrected chi connectivity index (χ2v) is 9.52. The molecule has 0 bridgehead atoms. The molecule has 1 saturated carbocycles. The van der Waals surface area contributed by atoms with Crippen LogP contribution in [0.3, 0.4) is 0 Å². The Labute approximate surface area is 178 Å². The number of nitrogens with zero attached hydrogens (tertiary/aromatic N) is 2. The smallest absolute Gasteiger partial charge is 0.340 e. The molecule has 1 aliphatic carbocycles. The first-order chi connectivity index (χ1) is 14.4. The molecule has 162 valence electrons. The normalized spacial score (nSPS) is 39.2. The van der Waals surface area contributed by atoms with Gasteiger partial charge in [-0.2, -0.15) is 0 Å². The summed E-state index contributed by atoms with van der Waals surface area (Å²) in [6, 6.07) is 6.08. The van der Waals surface area contributed by atoms with Crippen molar-refractivity contribution in [3.8, 4) is 5.75 Å². The molecule has 2 fully saturated rings. The summed E-state index contributed by atoms with van der Waals surface area (Å²) in [5.74, 6) is 0.260. The number of benzene rings is 1. The molecule has 0 radical (unpaired) electrons. The number of aliphatic hydroxyl groups is 1. The van der Waals surface area contributed by atoms with Gasteiger partial charge in [0, 0.05) is 42.2 Å². The Kier molecular flexibility index (Phi) is 4.29. The molecule has 0 aromatic heterocycles. The van der Waals surface area contributed by atoms with Gasteiger partial charge in [-0.05, 0) is 43.9 Å². The summed E-state index contributed by atoms with van der Waals surface area (Å²) in [6.45, 7) is 4.16. The van der Waals surface area contributed by atoms with Crippen molar-refractivity contribution < 1.29 is 19.4 Å². The number of ether oxygens (including phenoxy) is 2. The van der Waals surface area contributed by atoms with E-state index < -0.39 is 11.6 Å². The van der Waals surface area contributed by atoms with Gasteiger partial charge >= 0.3 is 5.97 Å². The van der Waals surface area contributed by atoms with E-state index in [1.165, 1.54) is 12.7 Å². The Hall–Kier alpha value is -2.05. The molecule has 3 heterocycles. The van der Waals surface area contributed by atoms with Gasteiger partial charge < -0.3 is 19.5 Å². The van der Waals surface area contributed by atoms with Gasteiger partial charge in [0.15, 0.2) is 5.60 Å². The van der Waals surface area contributed by atoms with Crippen LogP contribution in [-0.2, 0) is 14.9 Å². The minimum absolute atomic E-state index is 0.237. The van der Waals surface area contributed by atoms with Crippen LogP contribution in [0.15, 0.2) is 30.4 Å². The SMILES string of the molecule is CC[C@]12C=CCN3CCC[C@@]4(c5ccc(OC)cc5N(C)[C@H]4[C@@](O)(C(=O)OC)C1)[C@@H]32.